The average Bonchev–Trinajstić information content (AvgIpc) is 2.32. The highest BCUT2D eigenvalue weighted by molar-refractivity contribution is 5.84. The van der Waals surface area contributed by atoms with E-state index in [0.717, 1.165) is 0 Å². The molecule has 62 valence electrons. The van der Waals surface area contributed by atoms with Crippen LogP contribution in [0.25, 0.3) is 0 Å². The lowest BCUT2D eigenvalue weighted by Gasteiger charge is -2.07. The Morgan fingerprint density at radius 1 is 1.36 bits per heavy atom. The predicted octanol–water partition coefficient (Wildman–Crippen LogP) is -1.18. The number of carbonyl (C=O) groups excluding carboxylic acids is 1. The average molecular weight is 159 g/mol. The van der Waals surface area contributed by atoms with E-state index in [9.17, 15) is 9.59 Å². The summed E-state index contributed by atoms with van der Waals surface area (Å²) in [6, 6.07) is 0. The first-order chi connectivity index (χ1) is 5.13. The van der Waals surface area contributed by atoms with E-state index >= 15 is 0 Å². The zero-order chi connectivity index (χ0) is 8.43. The summed E-state index contributed by atoms with van der Waals surface area (Å²) in [5.41, 5.74) is 4.94. The van der Waals surface area contributed by atoms with Gasteiger partial charge in [0.1, 0.15) is 0 Å². The van der Waals surface area contributed by atoms with E-state index in [2.05, 4.69) is 0 Å². The number of carbonyl (C=O) groups is 2. The predicted molar refractivity (Wildman–Crippen MR) is 34.6 cm³/mol. The van der Waals surface area contributed by atoms with Crippen LogP contribution >= 0.6 is 0 Å². The summed E-state index contributed by atoms with van der Waals surface area (Å²) >= 11 is 0. The Morgan fingerprint density at radius 2 is 1.91 bits per heavy atom. The molecule has 1 aliphatic heterocycles. The number of ether oxygens (including phenoxy) is 1. The van der Waals surface area contributed by atoms with Gasteiger partial charge in [0.25, 0.3) is 0 Å². The number of nitrogens with two attached hydrogens (primary N) is 1. The van der Waals surface area contributed by atoms with Crippen LogP contribution in [0.1, 0.15) is 0 Å². The number of hydrogen-bond donors (Lipinski definition) is 2. The minimum Gasteiger partial charge on any atom is -0.481 e. The molecule has 0 aliphatic carbocycles. The van der Waals surface area contributed by atoms with Gasteiger partial charge in [-0.3, -0.25) is 9.59 Å². The van der Waals surface area contributed by atoms with Gasteiger partial charge in [-0.1, -0.05) is 0 Å². The second-order valence-electron chi connectivity index (χ2n) is 2.49. The molecular weight excluding hydrogens is 150 g/mol. The van der Waals surface area contributed by atoms with Crippen LogP contribution in [0.15, 0.2) is 0 Å². The molecule has 0 radical (unpaired) electrons. The van der Waals surface area contributed by atoms with E-state index in [4.69, 9.17) is 15.6 Å². The Bertz CT molecular complexity index is 171. The number of rotatable bonds is 2. The second-order valence-corrected chi connectivity index (χ2v) is 2.49. The molecule has 2 atom stereocenters. The van der Waals surface area contributed by atoms with Crippen molar-refractivity contribution in [1.82, 2.24) is 0 Å². The minimum atomic E-state index is -1.02. The van der Waals surface area contributed by atoms with Gasteiger partial charge in [-0.2, -0.15) is 0 Å². The quantitative estimate of drug-likeness (QED) is 0.530. The van der Waals surface area contributed by atoms with E-state index in [1.807, 2.05) is 0 Å². The fraction of sp³-hybridized carbons (Fsp3) is 0.667. The fourth-order valence-corrected chi connectivity index (χ4v) is 1.08. The van der Waals surface area contributed by atoms with Crippen LogP contribution in [0, 0.1) is 11.8 Å². The van der Waals surface area contributed by atoms with Crippen LogP contribution in [0.3, 0.4) is 0 Å². The maximum absolute atomic E-state index is 10.6. The van der Waals surface area contributed by atoms with Crippen molar-refractivity contribution in [3.8, 4) is 0 Å². The van der Waals surface area contributed by atoms with Gasteiger partial charge in [0.05, 0.1) is 25.0 Å². The molecule has 2 unspecified atom stereocenters. The van der Waals surface area contributed by atoms with Crippen molar-refractivity contribution < 1.29 is 19.4 Å². The second kappa shape index (κ2) is 2.87. The van der Waals surface area contributed by atoms with Gasteiger partial charge in [-0.15, -0.1) is 0 Å². The lowest BCUT2D eigenvalue weighted by Crippen LogP contribution is -2.33. The maximum Gasteiger partial charge on any atom is 0.309 e. The summed E-state index contributed by atoms with van der Waals surface area (Å²) in [6.45, 7) is 0.218. The first-order valence-corrected chi connectivity index (χ1v) is 3.23. The molecular formula is C6H9NO4. The molecule has 1 saturated heterocycles. The van der Waals surface area contributed by atoms with Gasteiger partial charge in [0, 0.05) is 0 Å². The molecule has 0 aromatic rings. The molecule has 1 rings (SSSR count). The Labute approximate surface area is 63.1 Å². The molecule has 0 bridgehead atoms. The number of aliphatic carboxylic acids is 1. The Morgan fingerprint density at radius 3 is 2.27 bits per heavy atom. The van der Waals surface area contributed by atoms with Crippen LogP contribution in [-0.2, 0) is 14.3 Å². The SMILES string of the molecule is NC(=O)C1COCC1C(=O)O. The third-order valence-electron chi connectivity index (χ3n) is 1.76. The van der Waals surface area contributed by atoms with Crippen LogP contribution < -0.4 is 5.73 Å². The van der Waals surface area contributed by atoms with Crippen molar-refractivity contribution in [2.45, 2.75) is 0 Å². The van der Waals surface area contributed by atoms with Gasteiger partial charge < -0.3 is 15.6 Å². The van der Waals surface area contributed by atoms with Crippen molar-refractivity contribution in [2.24, 2.45) is 17.6 Å². The van der Waals surface area contributed by atoms with E-state index in [1.165, 1.54) is 0 Å². The van der Waals surface area contributed by atoms with E-state index in [-0.39, 0.29) is 13.2 Å². The molecule has 1 amide bonds. The number of carboxylic acids is 1. The molecule has 0 saturated carbocycles. The summed E-state index contributed by atoms with van der Waals surface area (Å²) in [6.07, 6.45) is 0. The van der Waals surface area contributed by atoms with Crippen molar-refractivity contribution in [1.29, 1.82) is 0 Å². The van der Waals surface area contributed by atoms with Gasteiger partial charge in [-0.25, -0.2) is 0 Å². The lowest BCUT2D eigenvalue weighted by molar-refractivity contribution is -0.145. The zero-order valence-electron chi connectivity index (χ0n) is 5.82. The Kier molecular flexibility index (Phi) is 2.09. The first-order valence-electron chi connectivity index (χ1n) is 3.23. The van der Waals surface area contributed by atoms with E-state index < -0.39 is 23.7 Å². The van der Waals surface area contributed by atoms with Crippen molar-refractivity contribution in [3.63, 3.8) is 0 Å². The highest BCUT2D eigenvalue weighted by Crippen LogP contribution is 2.20. The third-order valence-corrected chi connectivity index (χ3v) is 1.76. The zero-order valence-corrected chi connectivity index (χ0v) is 5.82. The number of amides is 1. The normalized spacial score (nSPS) is 30.2. The van der Waals surface area contributed by atoms with Crippen molar-refractivity contribution >= 4 is 11.9 Å². The number of primary amides is 1. The molecule has 5 heteroatoms. The number of hydrogen-bond acceptors (Lipinski definition) is 3. The Balaban J connectivity index is 2.65. The monoisotopic (exact) mass is 159 g/mol. The van der Waals surface area contributed by atoms with Gasteiger partial charge in [-0.05, 0) is 0 Å². The summed E-state index contributed by atoms with van der Waals surface area (Å²) in [7, 11) is 0. The van der Waals surface area contributed by atoms with E-state index in [1.54, 1.807) is 0 Å². The fourth-order valence-electron chi connectivity index (χ4n) is 1.08. The molecule has 1 fully saturated rings. The van der Waals surface area contributed by atoms with Gasteiger partial charge in [0.2, 0.25) is 5.91 Å². The smallest absolute Gasteiger partial charge is 0.309 e. The van der Waals surface area contributed by atoms with Crippen LogP contribution in [0.2, 0.25) is 0 Å². The van der Waals surface area contributed by atoms with Crippen molar-refractivity contribution in [3.05, 3.63) is 0 Å². The summed E-state index contributed by atoms with van der Waals surface area (Å²) < 4.78 is 4.81. The highest BCUT2D eigenvalue weighted by atomic mass is 16.5. The van der Waals surface area contributed by atoms with Crippen LogP contribution in [0.4, 0.5) is 0 Å². The van der Waals surface area contributed by atoms with Crippen LogP contribution in [0.5, 0.6) is 0 Å². The highest BCUT2D eigenvalue weighted by Gasteiger charge is 2.37. The maximum atomic E-state index is 10.6. The summed E-state index contributed by atoms with van der Waals surface area (Å²) in [4.78, 5) is 21.0. The number of carboxylic acid groups (broad SMARTS) is 1. The van der Waals surface area contributed by atoms with Gasteiger partial charge >= 0.3 is 5.97 Å². The molecule has 0 spiro atoms. The third kappa shape index (κ3) is 1.48. The molecule has 1 heterocycles. The standard InChI is InChI=1S/C6H9NO4/c7-5(8)3-1-11-2-4(3)6(9)10/h3-4H,1-2H2,(H2,7,8)(H,9,10). The lowest BCUT2D eigenvalue weighted by atomic mass is 9.96. The van der Waals surface area contributed by atoms with Crippen LogP contribution in [-0.4, -0.2) is 30.2 Å². The molecule has 3 N–H and O–H groups in total. The molecule has 5 nitrogen and oxygen atoms in total. The minimum absolute atomic E-state index is 0.0863. The largest absolute Gasteiger partial charge is 0.481 e. The summed E-state index contributed by atoms with van der Waals surface area (Å²) in [5.74, 6) is -3.04. The molecule has 0 aromatic heterocycles. The first kappa shape index (κ1) is 8.00. The Hall–Kier alpha value is -1.10. The molecule has 11 heavy (non-hydrogen) atoms. The van der Waals surface area contributed by atoms with E-state index in [0.29, 0.717) is 0 Å². The summed E-state index contributed by atoms with van der Waals surface area (Å²) in [5, 5.41) is 8.54. The topological polar surface area (TPSA) is 89.6 Å². The van der Waals surface area contributed by atoms with Crippen molar-refractivity contribution in [2.75, 3.05) is 13.2 Å². The molecule has 1 aliphatic rings. The molecule has 0 aromatic carbocycles. The van der Waals surface area contributed by atoms with Gasteiger partial charge in [0.15, 0.2) is 0 Å².